The Hall–Kier alpha value is 0.530. The first-order valence-corrected chi connectivity index (χ1v) is 3.38. The number of rotatable bonds is 4. The van der Waals surface area contributed by atoms with Crippen molar-refractivity contribution in [3.8, 4) is 0 Å². The molecule has 11 heavy (non-hydrogen) atoms. The van der Waals surface area contributed by atoms with Gasteiger partial charge in [-0.25, -0.2) is 0 Å². The van der Waals surface area contributed by atoms with Crippen LogP contribution < -0.4 is 5.73 Å². The fourth-order valence-electron chi connectivity index (χ4n) is 0.531. The number of hydrogen-bond acceptors (Lipinski definition) is 2. The van der Waals surface area contributed by atoms with Gasteiger partial charge in [-0.1, -0.05) is 17.7 Å². The second-order valence-corrected chi connectivity index (χ2v) is 2.16. The minimum atomic E-state index is 0. The lowest BCUT2D eigenvalue weighted by Crippen LogP contribution is -2.25. The second-order valence-electron chi connectivity index (χ2n) is 1.91. The van der Waals surface area contributed by atoms with Crippen molar-refractivity contribution in [3.63, 3.8) is 0 Å². The first-order chi connectivity index (χ1) is 4.31. The molecule has 0 radical (unpaired) electrons. The lowest BCUT2D eigenvalue weighted by Gasteiger charge is -2.10. The normalized spacial score (nSPS) is 9.45. The minimum Gasteiger partial charge on any atom is -0.329 e. The van der Waals surface area contributed by atoms with E-state index in [1.807, 2.05) is 13.1 Å². The zero-order valence-corrected chi connectivity index (χ0v) is 8.88. The summed E-state index contributed by atoms with van der Waals surface area (Å²) in [6, 6.07) is 0. The summed E-state index contributed by atoms with van der Waals surface area (Å²) in [5.74, 6) is 0. The van der Waals surface area contributed by atoms with Crippen molar-refractivity contribution in [2.45, 2.75) is 0 Å². The van der Waals surface area contributed by atoms with Gasteiger partial charge in [0.05, 0.1) is 0 Å². The molecule has 0 aromatic rings. The van der Waals surface area contributed by atoms with Crippen molar-refractivity contribution in [1.29, 1.82) is 0 Å². The van der Waals surface area contributed by atoms with E-state index >= 15 is 0 Å². The summed E-state index contributed by atoms with van der Waals surface area (Å²) < 4.78 is 0. The maximum Gasteiger partial charge on any atom is 0.0172 e. The summed E-state index contributed by atoms with van der Waals surface area (Å²) >= 11 is 5.31. The zero-order valence-electron chi connectivity index (χ0n) is 6.50. The predicted molar refractivity (Wildman–Crippen MR) is 56.0 cm³/mol. The molecule has 0 atom stereocenters. The van der Waals surface area contributed by atoms with E-state index in [-0.39, 0.29) is 24.8 Å². The largest absolute Gasteiger partial charge is 0.329 e. The van der Waals surface area contributed by atoms with Crippen LogP contribution in [0.3, 0.4) is 0 Å². The average molecular weight is 222 g/mol. The molecule has 70 valence electrons. The third-order valence-electron chi connectivity index (χ3n) is 1.02. The summed E-state index contributed by atoms with van der Waals surface area (Å²) in [4.78, 5) is 2.10. The van der Waals surface area contributed by atoms with Crippen LogP contribution in [0.5, 0.6) is 0 Å². The van der Waals surface area contributed by atoms with Crippen molar-refractivity contribution < 1.29 is 0 Å². The molecule has 0 spiro atoms. The molecule has 0 aromatic carbocycles. The van der Waals surface area contributed by atoms with Crippen molar-refractivity contribution in [3.05, 3.63) is 11.6 Å². The first kappa shape index (κ1) is 17.6. The van der Waals surface area contributed by atoms with Crippen LogP contribution in [0.25, 0.3) is 0 Å². The maximum atomic E-state index is 5.31. The Balaban J connectivity index is -0.000000320. The number of halogens is 3. The van der Waals surface area contributed by atoms with Gasteiger partial charge in [0.15, 0.2) is 0 Å². The molecule has 5 heteroatoms. The van der Waals surface area contributed by atoms with Crippen molar-refractivity contribution >= 4 is 36.4 Å². The van der Waals surface area contributed by atoms with E-state index in [1.165, 1.54) is 5.54 Å². The van der Waals surface area contributed by atoms with Gasteiger partial charge >= 0.3 is 0 Å². The van der Waals surface area contributed by atoms with E-state index in [0.29, 0.717) is 6.54 Å². The fraction of sp³-hybridized carbons (Fsp3) is 0.667. The van der Waals surface area contributed by atoms with Gasteiger partial charge in [-0.15, -0.1) is 24.8 Å². The monoisotopic (exact) mass is 220 g/mol. The zero-order chi connectivity index (χ0) is 7.11. The summed E-state index contributed by atoms with van der Waals surface area (Å²) in [5, 5.41) is 0. The highest BCUT2D eigenvalue weighted by Crippen LogP contribution is 1.83. The Morgan fingerprint density at radius 2 is 2.00 bits per heavy atom. The van der Waals surface area contributed by atoms with Crippen LogP contribution >= 0.6 is 36.4 Å². The molecular weight excluding hydrogens is 206 g/mol. The van der Waals surface area contributed by atoms with Gasteiger partial charge in [0.1, 0.15) is 0 Å². The molecule has 0 aliphatic carbocycles. The van der Waals surface area contributed by atoms with Crippen LogP contribution in [0, 0.1) is 0 Å². The molecule has 0 amide bonds. The van der Waals surface area contributed by atoms with E-state index < -0.39 is 0 Å². The summed E-state index contributed by atoms with van der Waals surface area (Å²) in [7, 11) is 2.00. The van der Waals surface area contributed by atoms with Gasteiger partial charge in [0, 0.05) is 25.2 Å². The molecule has 0 rings (SSSR count). The third kappa shape index (κ3) is 13.5. The molecule has 2 nitrogen and oxygen atoms in total. The van der Waals surface area contributed by atoms with Gasteiger partial charge in [-0.2, -0.15) is 0 Å². The molecule has 0 fully saturated rings. The van der Waals surface area contributed by atoms with Gasteiger partial charge in [0.25, 0.3) is 0 Å². The molecule has 0 saturated carbocycles. The van der Waals surface area contributed by atoms with Crippen LogP contribution in [-0.2, 0) is 0 Å². The Labute approximate surface area is 85.6 Å². The summed E-state index contributed by atoms with van der Waals surface area (Å²) in [6.45, 7) is 2.49. The number of nitrogens with zero attached hydrogens (tertiary/aromatic N) is 1. The highest BCUT2D eigenvalue weighted by Gasteiger charge is 1.89. The predicted octanol–water partition coefficient (Wildman–Crippen LogP) is 1.47. The summed E-state index contributed by atoms with van der Waals surface area (Å²) in [6.07, 6.45) is 1.89. The average Bonchev–Trinajstić information content (AvgIpc) is 1.85. The molecule has 2 N–H and O–H groups in total. The molecule has 0 bridgehead atoms. The smallest absolute Gasteiger partial charge is 0.0172 e. The van der Waals surface area contributed by atoms with Gasteiger partial charge in [-0.3, -0.25) is 0 Å². The van der Waals surface area contributed by atoms with Crippen molar-refractivity contribution in [2.24, 2.45) is 5.73 Å². The van der Waals surface area contributed by atoms with Crippen LogP contribution in [-0.4, -0.2) is 31.6 Å². The quantitative estimate of drug-likeness (QED) is 0.779. The highest BCUT2D eigenvalue weighted by molar-refractivity contribution is 6.25. The SMILES string of the molecule is CN(CC=CCl)CCN.Cl.Cl. The Morgan fingerprint density at radius 3 is 2.36 bits per heavy atom. The molecule has 0 aliphatic rings. The molecular formula is C6H15Cl3N2. The Kier molecular flexibility index (Phi) is 21.0. The third-order valence-corrected chi connectivity index (χ3v) is 1.20. The Morgan fingerprint density at radius 1 is 1.45 bits per heavy atom. The van der Waals surface area contributed by atoms with Crippen LogP contribution in [0.1, 0.15) is 0 Å². The van der Waals surface area contributed by atoms with E-state index in [1.54, 1.807) is 0 Å². The second kappa shape index (κ2) is 13.1. The number of likely N-dealkylation sites (N-methyl/N-ethyl adjacent to an activating group) is 1. The van der Waals surface area contributed by atoms with Gasteiger partial charge < -0.3 is 10.6 Å². The van der Waals surface area contributed by atoms with Gasteiger partial charge in [-0.05, 0) is 7.05 Å². The van der Waals surface area contributed by atoms with E-state index in [2.05, 4.69) is 4.90 Å². The van der Waals surface area contributed by atoms with Crippen LogP contribution in [0.2, 0.25) is 0 Å². The van der Waals surface area contributed by atoms with Crippen molar-refractivity contribution in [2.75, 3.05) is 26.7 Å². The molecule has 0 saturated heterocycles. The van der Waals surface area contributed by atoms with Crippen LogP contribution in [0.15, 0.2) is 11.6 Å². The number of nitrogens with two attached hydrogens (primary N) is 1. The first-order valence-electron chi connectivity index (χ1n) is 2.95. The van der Waals surface area contributed by atoms with Crippen LogP contribution in [0.4, 0.5) is 0 Å². The highest BCUT2D eigenvalue weighted by atomic mass is 35.5. The topological polar surface area (TPSA) is 29.3 Å². The standard InChI is InChI=1S/C6H13ClN2.2ClH/c1-9(6-4-8)5-2-3-7;;/h2-3H,4-6,8H2,1H3;2*1H. The van der Waals surface area contributed by atoms with Gasteiger partial charge in [0.2, 0.25) is 0 Å². The molecule has 0 aliphatic heterocycles. The lowest BCUT2D eigenvalue weighted by molar-refractivity contribution is 0.381. The van der Waals surface area contributed by atoms with Crippen molar-refractivity contribution in [1.82, 2.24) is 4.90 Å². The van der Waals surface area contributed by atoms with E-state index in [9.17, 15) is 0 Å². The number of hydrogen-bond donors (Lipinski definition) is 1. The summed E-state index contributed by atoms with van der Waals surface area (Å²) in [5.41, 5.74) is 6.82. The van der Waals surface area contributed by atoms with E-state index in [4.69, 9.17) is 17.3 Å². The molecule has 0 aromatic heterocycles. The maximum absolute atomic E-state index is 5.31. The fourth-order valence-corrected chi connectivity index (χ4v) is 0.611. The van der Waals surface area contributed by atoms with E-state index in [0.717, 1.165) is 13.1 Å². The minimum absolute atomic E-state index is 0. The lowest BCUT2D eigenvalue weighted by atomic mass is 10.5. The molecule has 0 heterocycles. The Bertz CT molecular complexity index is 87.9. The molecule has 0 unspecified atom stereocenters.